The van der Waals surface area contributed by atoms with Crippen molar-refractivity contribution in [3.8, 4) is 16.9 Å². The molecular weight excluding hydrogens is 567 g/mol. The van der Waals surface area contributed by atoms with E-state index in [1.165, 1.54) is 12.1 Å². The molecule has 0 saturated carbocycles. The Balaban J connectivity index is 1.36. The highest BCUT2D eigenvalue weighted by Crippen LogP contribution is 2.49. The van der Waals surface area contributed by atoms with Gasteiger partial charge in [0.1, 0.15) is 11.3 Å². The smallest absolute Gasteiger partial charge is 0.422 e. The highest BCUT2D eigenvalue weighted by molar-refractivity contribution is 7.84. The van der Waals surface area contributed by atoms with Crippen molar-refractivity contribution in [2.75, 3.05) is 5.09 Å². The molecular formula is C29H25N2O8PS. The minimum Gasteiger partial charge on any atom is -0.422 e. The van der Waals surface area contributed by atoms with Crippen LogP contribution in [0.15, 0.2) is 118 Å². The van der Waals surface area contributed by atoms with Crippen LogP contribution in [0.25, 0.3) is 22.1 Å². The molecule has 0 atom stereocenters. The standard InChI is InChI=1S/C29H25N2O8PS/c30-41(34,35)39-26-16-13-24-17-27(29(32)38-28(24)18-26)23-11-14-25(15-12-23)31-40(33,36-19-21-7-3-1-4-8-21)37-20-22-9-5-2-6-10-22/h1-18H,19-20H2,(H,31,33)(H2,30,34,35). The molecule has 3 N–H and O–H groups in total. The maximum Gasteiger partial charge on any atom is 0.433 e. The molecule has 0 aliphatic carbocycles. The summed E-state index contributed by atoms with van der Waals surface area (Å²) in [6.45, 7) is 0.139. The van der Waals surface area contributed by atoms with E-state index in [1.807, 2.05) is 60.7 Å². The molecule has 10 nitrogen and oxygen atoms in total. The van der Waals surface area contributed by atoms with Gasteiger partial charge in [-0.2, -0.15) is 13.6 Å². The number of hydrogen-bond donors (Lipinski definition) is 2. The summed E-state index contributed by atoms with van der Waals surface area (Å²) in [6, 6.07) is 31.1. The molecule has 0 saturated heterocycles. The monoisotopic (exact) mass is 592 g/mol. The minimum atomic E-state index is -4.22. The lowest BCUT2D eigenvalue weighted by molar-refractivity contribution is 0.195. The van der Waals surface area contributed by atoms with E-state index >= 15 is 0 Å². The van der Waals surface area contributed by atoms with E-state index in [4.69, 9.17) is 18.6 Å². The number of rotatable bonds is 11. The number of anilines is 1. The van der Waals surface area contributed by atoms with Gasteiger partial charge in [-0.25, -0.2) is 9.36 Å². The molecule has 1 heterocycles. The van der Waals surface area contributed by atoms with Crippen LogP contribution in [0.1, 0.15) is 11.1 Å². The highest BCUT2D eigenvalue weighted by atomic mass is 32.2. The van der Waals surface area contributed by atoms with Gasteiger partial charge in [-0.15, -0.1) is 0 Å². The highest BCUT2D eigenvalue weighted by Gasteiger charge is 2.26. The van der Waals surface area contributed by atoms with E-state index in [2.05, 4.69) is 9.27 Å². The fourth-order valence-electron chi connectivity index (χ4n) is 3.93. The summed E-state index contributed by atoms with van der Waals surface area (Å²) in [6.07, 6.45) is 0. The van der Waals surface area contributed by atoms with Crippen LogP contribution >= 0.6 is 7.75 Å². The first-order valence-corrected chi connectivity index (χ1v) is 15.3. The number of hydrogen-bond acceptors (Lipinski definition) is 8. The molecule has 0 aliphatic rings. The lowest BCUT2D eigenvalue weighted by atomic mass is 10.1. The van der Waals surface area contributed by atoms with Gasteiger partial charge >= 0.3 is 23.7 Å². The Morgan fingerprint density at radius 3 is 1.93 bits per heavy atom. The fraction of sp³-hybridized carbons (Fsp3) is 0.0690. The van der Waals surface area contributed by atoms with Gasteiger partial charge in [0.25, 0.3) is 0 Å². The van der Waals surface area contributed by atoms with Crippen LogP contribution in [0.5, 0.6) is 5.75 Å². The molecule has 0 radical (unpaired) electrons. The second-order valence-corrected chi connectivity index (χ2v) is 11.8. The van der Waals surface area contributed by atoms with E-state index in [0.717, 1.165) is 11.1 Å². The van der Waals surface area contributed by atoms with Gasteiger partial charge in [0, 0.05) is 17.1 Å². The molecule has 1 aromatic heterocycles. The average Bonchev–Trinajstić information content (AvgIpc) is 2.96. The maximum atomic E-state index is 13.7. The average molecular weight is 593 g/mol. The zero-order valence-electron chi connectivity index (χ0n) is 21.5. The van der Waals surface area contributed by atoms with Gasteiger partial charge in [-0.05, 0) is 47.0 Å². The molecule has 4 aromatic carbocycles. The topological polar surface area (TPSA) is 147 Å². The van der Waals surface area contributed by atoms with E-state index in [0.29, 0.717) is 16.6 Å². The molecule has 0 fully saturated rings. The van der Waals surface area contributed by atoms with Crippen LogP contribution in [-0.4, -0.2) is 8.42 Å². The van der Waals surface area contributed by atoms with Gasteiger partial charge in [-0.1, -0.05) is 72.8 Å². The van der Waals surface area contributed by atoms with Crippen LogP contribution in [-0.2, 0) is 37.1 Å². The van der Waals surface area contributed by atoms with Gasteiger partial charge in [0.2, 0.25) is 0 Å². The molecule has 0 aliphatic heterocycles. The molecule has 210 valence electrons. The van der Waals surface area contributed by atoms with Crippen molar-refractivity contribution in [3.63, 3.8) is 0 Å². The summed E-state index contributed by atoms with van der Waals surface area (Å²) in [5, 5.41) is 8.32. The molecule has 5 rings (SSSR count). The summed E-state index contributed by atoms with van der Waals surface area (Å²) >= 11 is 0. The minimum absolute atomic E-state index is 0.0695. The third kappa shape index (κ3) is 7.69. The van der Waals surface area contributed by atoms with Crippen LogP contribution in [0, 0.1) is 0 Å². The first-order valence-electron chi connectivity index (χ1n) is 12.3. The number of benzene rings is 4. The Hall–Kier alpha value is -4.25. The van der Waals surface area contributed by atoms with E-state index < -0.39 is 23.7 Å². The maximum absolute atomic E-state index is 13.7. The summed E-state index contributed by atoms with van der Waals surface area (Å²) < 4.78 is 57.7. The molecule has 0 unspecified atom stereocenters. The molecule has 5 aromatic rings. The molecule has 0 spiro atoms. The Labute approximate surface area is 236 Å². The van der Waals surface area contributed by atoms with Crippen LogP contribution in [0.4, 0.5) is 5.69 Å². The zero-order valence-corrected chi connectivity index (χ0v) is 23.2. The second-order valence-electron chi connectivity index (χ2n) is 8.93. The predicted molar refractivity (Wildman–Crippen MR) is 155 cm³/mol. The Morgan fingerprint density at radius 1 is 0.780 bits per heavy atom. The lowest BCUT2D eigenvalue weighted by Gasteiger charge is -2.20. The lowest BCUT2D eigenvalue weighted by Crippen LogP contribution is -2.18. The van der Waals surface area contributed by atoms with Crippen LogP contribution < -0.4 is 20.0 Å². The van der Waals surface area contributed by atoms with Crippen LogP contribution in [0.3, 0.4) is 0 Å². The van der Waals surface area contributed by atoms with Gasteiger partial charge in [-0.3, -0.25) is 14.1 Å². The Morgan fingerprint density at radius 2 is 1.37 bits per heavy atom. The number of nitrogens with two attached hydrogens (primary N) is 1. The van der Waals surface area contributed by atoms with Crippen molar-refractivity contribution in [1.82, 2.24) is 0 Å². The quantitative estimate of drug-likeness (QED) is 0.139. The number of fused-ring (bicyclic) bond motifs is 1. The van der Waals surface area contributed by atoms with Gasteiger partial charge < -0.3 is 8.60 Å². The third-order valence-electron chi connectivity index (χ3n) is 5.87. The molecule has 41 heavy (non-hydrogen) atoms. The molecule has 0 bridgehead atoms. The third-order valence-corrected chi connectivity index (χ3v) is 7.76. The summed E-state index contributed by atoms with van der Waals surface area (Å²) in [5.74, 6) is -0.0836. The van der Waals surface area contributed by atoms with Gasteiger partial charge in [0.05, 0.1) is 18.8 Å². The van der Waals surface area contributed by atoms with Crippen molar-refractivity contribution >= 4 is 34.7 Å². The molecule has 0 amide bonds. The largest absolute Gasteiger partial charge is 0.433 e. The van der Waals surface area contributed by atoms with E-state index in [1.54, 1.807) is 36.4 Å². The summed E-state index contributed by atoms with van der Waals surface area (Å²) in [7, 11) is -8.04. The van der Waals surface area contributed by atoms with Crippen molar-refractivity contribution in [2.24, 2.45) is 5.14 Å². The number of nitrogens with one attached hydrogen (secondary N) is 1. The van der Waals surface area contributed by atoms with E-state index in [9.17, 15) is 17.8 Å². The second kappa shape index (κ2) is 12.1. The van der Waals surface area contributed by atoms with E-state index in [-0.39, 0.29) is 30.1 Å². The predicted octanol–water partition coefficient (Wildman–Crippen LogP) is 6.00. The van der Waals surface area contributed by atoms with Gasteiger partial charge in [0.15, 0.2) is 0 Å². The zero-order chi connectivity index (χ0) is 28.9. The van der Waals surface area contributed by atoms with Crippen molar-refractivity contribution in [3.05, 3.63) is 131 Å². The summed E-state index contributed by atoms with van der Waals surface area (Å²) in [5.41, 5.74) is 2.42. The van der Waals surface area contributed by atoms with Crippen molar-refractivity contribution in [1.29, 1.82) is 0 Å². The Kier molecular flexibility index (Phi) is 8.34. The normalized spacial score (nSPS) is 11.8. The van der Waals surface area contributed by atoms with Crippen molar-refractivity contribution in [2.45, 2.75) is 13.2 Å². The fourth-order valence-corrected chi connectivity index (χ4v) is 5.61. The first-order chi connectivity index (χ1) is 19.7. The van der Waals surface area contributed by atoms with Crippen molar-refractivity contribution < 1.29 is 30.6 Å². The SMILES string of the molecule is NS(=O)(=O)Oc1ccc2cc(-c3ccc(NP(=O)(OCc4ccccc4)OCc4ccccc4)cc3)c(=O)oc2c1. The molecule has 12 heteroatoms. The first kappa shape index (κ1) is 28.3. The Bertz CT molecular complexity index is 1820. The van der Waals surface area contributed by atoms with Crippen LogP contribution in [0.2, 0.25) is 0 Å². The summed E-state index contributed by atoms with van der Waals surface area (Å²) in [4.78, 5) is 12.7.